The van der Waals surface area contributed by atoms with Crippen molar-refractivity contribution < 1.29 is 57.0 Å². The minimum atomic E-state index is -5.13. The summed E-state index contributed by atoms with van der Waals surface area (Å²) in [6.07, 6.45) is 39.0. The predicted octanol–water partition coefficient (Wildman–Crippen LogP) is 9.80. The van der Waals surface area contributed by atoms with Gasteiger partial charge in [-0.1, -0.05) is 184 Å². The molecule has 0 aliphatic carbocycles. The Kier molecular flexibility index (Phi) is 38.5. The predicted molar refractivity (Wildman–Crippen MR) is 260 cm³/mol. The van der Waals surface area contributed by atoms with E-state index < -0.39 is 78.5 Å². The van der Waals surface area contributed by atoms with Gasteiger partial charge in [-0.15, -0.1) is 0 Å². The molecule has 1 amide bonds. The molecule has 0 spiro atoms. The largest absolute Gasteiger partial charge is 0.397 e. The number of nitrogens with one attached hydrogen (secondary N) is 1. The number of aliphatic hydroxyl groups excluding tert-OH is 5. The molecule has 0 aromatic heterocycles. The molecule has 0 radical (unpaired) electrons. The molecule has 1 saturated heterocycles. The van der Waals surface area contributed by atoms with Gasteiger partial charge in [-0.05, 0) is 70.6 Å². The molecular formula is C51H93NO12S. The number of carbonyl (C=O) groups excluding carboxylic acids is 1. The summed E-state index contributed by atoms with van der Waals surface area (Å²) in [7, 11) is -5.13. The first-order valence-corrected chi connectivity index (χ1v) is 27.0. The molecule has 1 heterocycles. The Hall–Kier alpha value is -1.98. The normalized spacial score (nSPS) is 21.0. The Balaban J connectivity index is 2.57. The average molecular weight is 944 g/mol. The lowest BCUT2D eigenvalue weighted by molar-refractivity contribution is -0.298. The maximum Gasteiger partial charge on any atom is 0.397 e. The monoisotopic (exact) mass is 944 g/mol. The molecule has 1 aliphatic rings. The number of ether oxygens (including phenoxy) is 2. The Bertz CT molecular complexity index is 1360. The van der Waals surface area contributed by atoms with Gasteiger partial charge in [0.2, 0.25) is 5.91 Å². The van der Waals surface area contributed by atoms with E-state index in [1.165, 1.54) is 109 Å². The number of aliphatic hydroxyl groups is 5. The fourth-order valence-corrected chi connectivity index (χ4v) is 8.35. The van der Waals surface area contributed by atoms with Crippen molar-refractivity contribution in [3.63, 3.8) is 0 Å². The number of rotatable bonds is 43. The van der Waals surface area contributed by atoms with Gasteiger partial charge in [0.25, 0.3) is 0 Å². The van der Waals surface area contributed by atoms with E-state index in [-0.39, 0.29) is 6.42 Å². The zero-order valence-electron chi connectivity index (χ0n) is 40.4. The van der Waals surface area contributed by atoms with Gasteiger partial charge in [-0.2, -0.15) is 8.42 Å². The molecule has 1 aliphatic heterocycles. The van der Waals surface area contributed by atoms with E-state index in [9.17, 15) is 43.3 Å². The van der Waals surface area contributed by atoms with Crippen molar-refractivity contribution >= 4 is 16.3 Å². The summed E-state index contributed by atoms with van der Waals surface area (Å²) < 4.78 is 47.6. The highest BCUT2D eigenvalue weighted by molar-refractivity contribution is 7.80. The first-order valence-electron chi connectivity index (χ1n) is 25.6. The summed E-state index contributed by atoms with van der Waals surface area (Å²) in [5.41, 5.74) is 0. The van der Waals surface area contributed by atoms with Crippen LogP contribution in [0.15, 0.2) is 48.6 Å². The van der Waals surface area contributed by atoms with Crippen LogP contribution < -0.4 is 5.32 Å². The maximum absolute atomic E-state index is 13.1. The number of hydrogen-bond acceptors (Lipinski definition) is 11. The van der Waals surface area contributed by atoms with E-state index in [1.54, 1.807) is 6.08 Å². The van der Waals surface area contributed by atoms with Crippen molar-refractivity contribution in [1.29, 1.82) is 0 Å². The van der Waals surface area contributed by atoms with Crippen LogP contribution in [0.1, 0.15) is 206 Å². The van der Waals surface area contributed by atoms with E-state index in [2.05, 4.69) is 59.8 Å². The molecule has 8 atom stereocenters. The van der Waals surface area contributed by atoms with E-state index in [0.29, 0.717) is 12.8 Å². The van der Waals surface area contributed by atoms with Crippen LogP contribution in [0.4, 0.5) is 0 Å². The van der Waals surface area contributed by atoms with Gasteiger partial charge < -0.3 is 40.3 Å². The highest BCUT2D eigenvalue weighted by atomic mass is 32.3. The van der Waals surface area contributed by atoms with Crippen molar-refractivity contribution in [2.45, 2.75) is 255 Å². The van der Waals surface area contributed by atoms with Crippen molar-refractivity contribution in [3.8, 4) is 0 Å². The number of unbranched alkanes of at least 4 members (excludes halogenated alkanes) is 24. The molecule has 1 fully saturated rings. The van der Waals surface area contributed by atoms with Crippen LogP contribution in [0.5, 0.6) is 0 Å². The summed E-state index contributed by atoms with van der Waals surface area (Å²) in [6, 6.07) is -1.15. The summed E-state index contributed by atoms with van der Waals surface area (Å²) in [5.74, 6) is -0.722. The number of hydrogen-bond donors (Lipinski definition) is 7. The Morgan fingerprint density at radius 2 is 1.03 bits per heavy atom. The van der Waals surface area contributed by atoms with Gasteiger partial charge in [0.1, 0.15) is 30.5 Å². The molecule has 0 bridgehead atoms. The van der Waals surface area contributed by atoms with Gasteiger partial charge in [-0.25, -0.2) is 4.18 Å². The van der Waals surface area contributed by atoms with Crippen LogP contribution in [0.3, 0.4) is 0 Å². The van der Waals surface area contributed by atoms with Gasteiger partial charge >= 0.3 is 10.4 Å². The topological polar surface area (TPSA) is 212 Å². The third-order valence-corrected chi connectivity index (χ3v) is 12.4. The fourth-order valence-electron chi connectivity index (χ4n) is 7.84. The number of carbonyl (C=O) groups is 1. The second kappa shape index (κ2) is 41.0. The van der Waals surface area contributed by atoms with Gasteiger partial charge in [0.15, 0.2) is 6.29 Å². The zero-order valence-corrected chi connectivity index (χ0v) is 41.2. The van der Waals surface area contributed by atoms with Crippen LogP contribution in [-0.2, 0) is 28.9 Å². The maximum atomic E-state index is 13.1. The van der Waals surface area contributed by atoms with E-state index in [4.69, 9.17) is 9.47 Å². The molecule has 380 valence electrons. The van der Waals surface area contributed by atoms with Crippen LogP contribution in [-0.4, -0.2) is 107 Å². The molecule has 0 saturated carbocycles. The Labute approximate surface area is 394 Å². The summed E-state index contributed by atoms with van der Waals surface area (Å²) in [6.45, 7) is 3.20. The zero-order chi connectivity index (χ0) is 47.8. The van der Waals surface area contributed by atoms with Crippen molar-refractivity contribution in [2.24, 2.45) is 0 Å². The van der Waals surface area contributed by atoms with E-state index in [0.717, 1.165) is 70.6 Å². The standard InChI is InChI=1S/C51H93NO12S/c1-3-5-7-9-11-13-15-17-19-21-22-23-24-26-27-29-31-33-35-37-39-44(54)43(42-62-51-48(57)49(64-65(59,60)61)47(56)46(41-53)63-51)52-50(58)45(55)40-38-36-34-32-30-28-25-20-18-16-14-12-10-8-6-4-2/h18,20,23-24,29,31,37,39,43-49,51,53-57H,3-17,19,21-22,25-28,30,32-36,38,40-42H2,1-2H3,(H,52,58)(H,59,60,61)/b20-18-,24-23+,31-29+,39-37+. The summed E-state index contributed by atoms with van der Waals surface area (Å²) >= 11 is 0. The third-order valence-electron chi connectivity index (χ3n) is 11.9. The molecule has 8 unspecified atom stereocenters. The molecular weight excluding hydrogens is 851 g/mol. The quantitative estimate of drug-likeness (QED) is 0.0173. The second-order valence-corrected chi connectivity index (χ2v) is 18.9. The molecule has 7 N–H and O–H groups in total. The first-order chi connectivity index (χ1) is 31.4. The van der Waals surface area contributed by atoms with Crippen molar-refractivity contribution in [1.82, 2.24) is 5.32 Å². The van der Waals surface area contributed by atoms with Crippen molar-refractivity contribution in [2.75, 3.05) is 13.2 Å². The molecule has 0 aromatic rings. The molecule has 65 heavy (non-hydrogen) atoms. The fraction of sp³-hybridized carbons (Fsp3) is 0.824. The van der Waals surface area contributed by atoms with Gasteiger partial charge in [0.05, 0.1) is 25.4 Å². The van der Waals surface area contributed by atoms with Crippen LogP contribution in [0.25, 0.3) is 0 Å². The van der Waals surface area contributed by atoms with Crippen LogP contribution >= 0.6 is 0 Å². The lowest BCUT2D eigenvalue weighted by Crippen LogP contribution is -2.61. The second-order valence-electron chi connectivity index (χ2n) is 17.9. The molecule has 1 rings (SSSR count). The summed E-state index contributed by atoms with van der Waals surface area (Å²) in [4.78, 5) is 13.1. The van der Waals surface area contributed by atoms with Crippen molar-refractivity contribution in [3.05, 3.63) is 48.6 Å². The van der Waals surface area contributed by atoms with E-state index in [1.807, 2.05) is 0 Å². The Morgan fingerprint density at radius 1 is 0.615 bits per heavy atom. The molecule has 13 nitrogen and oxygen atoms in total. The number of amides is 1. The lowest BCUT2D eigenvalue weighted by Gasteiger charge is -2.41. The summed E-state index contributed by atoms with van der Waals surface area (Å²) in [5, 5.41) is 55.3. The SMILES string of the molecule is CCCCCCCC/C=C\CCCCCCCCC(O)C(=O)NC(COC1OC(CO)C(O)C(OS(=O)(=O)O)C1O)C(O)/C=C/CC/C=C/CC/C=C/CCCCCCCCCCCC. The smallest absolute Gasteiger partial charge is 0.394 e. The highest BCUT2D eigenvalue weighted by Gasteiger charge is 2.48. The minimum Gasteiger partial charge on any atom is -0.394 e. The third kappa shape index (κ3) is 33.2. The first kappa shape index (κ1) is 61.0. The van der Waals surface area contributed by atoms with E-state index >= 15 is 0 Å². The van der Waals surface area contributed by atoms with Gasteiger partial charge in [0, 0.05) is 0 Å². The van der Waals surface area contributed by atoms with Gasteiger partial charge in [-0.3, -0.25) is 9.35 Å². The minimum absolute atomic E-state index is 0.225. The molecule has 14 heteroatoms. The Morgan fingerprint density at radius 3 is 1.48 bits per heavy atom. The highest BCUT2D eigenvalue weighted by Crippen LogP contribution is 2.26. The number of allylic oxidation sites excluding steroid dienone is 7. The molecule has 0 aromatic carbocycles. The average Bonchev–Trinajstić information content (AvgIpc) is 3.28. The lowest BCUT2D eigenvalue weighted by atomic mass is 9.99. The van der Waals surface area contributed by atoms with Crippen LogP contribution in [0.2, 0.25) is 0 Å². The van der Waals surface area contributed by atoms with Crippen LogP contribution in [0, 0.1) is 0 Å².